The summed E-state index contributed by atoms with van der Waals surface area (Å²) in [5.41, 5.74) is 1.53. The predicted molar refractivity (Wildman–Crippen MR) is 99.6 cm³/mol. The van der Waals surface area contributed by atoms with E-state index in [1.165, 1.54) is 19.1 Å². The molecule has 1 heterocycles. The van der Waals surface area contributed by atoms with E-state index in [0.29, 0.717) is 12.2 Å². The monoisotopic (exact) mass is 374 g/mol. The van der Waals surface area contributed by atoms with Crippen molar-refractivity contribution in [2.45, 2.75) is 30.7 Å². The normalized spacial score (nSPS) is 17.8. The van der Waals surface area contributed by atoms with Crippen molar-refractivity contribution in [2.75, 3.05) is 19.0 Å². The molecule has 0 radical (unpaired) electrons. The van der Waals surface area contributed by atoms with Crippen LogP contribution < -0.4 is 10.1 Å². The van der Waals surface area contributed by atoms with Crippen molar-refractivity contribution in [3.8, 4) is 5.75 Å². The molecule has 1 aliphatic rings. The summed E-state index contributed by atoms with van der Waals surface area (Å²) in [6.45, 7) is 1.90. The van der Waals surface area contributed by atoms with Crippen LogP contribution in [0.2, 0.25) is 0 Å². The standard InChI is InChI=1S/C19H22N2O4S/c1-14(22)20-16-7-11-18(12-8-16)26(23,24)21-13-3-4-19(21)15-5-9-17(25-2)10-6-15/h5-12,19H,3-4,13H2,1-2H3,(H,20,22). The van der Waals surface area contributed by atoms with Crippen LogP contribution in [-0.4, -0.2) is 32.3 Å². The second kappa shape index (κ2) is 7.47. The lowest BCUT2D eigenvalue weighted by atomic mass is 10.1. The molecule has 0 aliphatic carbocycles. The third-order valence-electron chi connectivity index (χ3n) is 4.49. The van der Waals surface area contributed by atoms with E-state index in [1.54, 1.807) is 23.5 Å². The number of methoxy groups -OCH3 is 1. The number of ether oxygens (including phenoxy) is 1. The highest BCUT2D eigenvalue weighted by Gasteiger charge is 2.36. The Morgan fingerprint density at radius 3 is 2.35 bits per heavy atom. The fourth-order valence-electron chi connectivity index (χ4n) is 3.24. The summed E-state index contributed by atoms with van der Waals surface area (Å²) >= 11 is 0. The maximum absolute atomic E-state index is 13.1. The van der Waals surface area contributed by atoms with E-state index in [0.717, 1.165) is 24.2 Å². The van der Waals surface area contributed by atoms with Gasteiger partial charge < -0.3 is 10.1 Å². The first kappa shape index (κ1) is 18.4. The van der Waals surface area contributed by atoms with Gasteiger partial charge in [0.25, 0.3) is 0 Å². The molecule has 138 valence electrons. The molecule has 0 aromatic heterocycles. The number of nitrogens with one attached hydrogen (secondary N) is 1. The lowest BCUT2D eigenvalue weighted by Crippen LogP contribution is -2.30. The highest BCUT2D eigenvalue weighted by Crippen LogP contribution is 2.37. The Morgan fingerprint density at radius 2 is 1.77 bits per heavy atom. The summed E-state index contributed by atoms with van der Waals surface area (Å²) in [4.78, 5) is 11.3. The van der Waals surface area contributed by atoms with Crippen molar-refractivity contribution in [3.05, 3.63) is 54.1 Å². The Bertz CT molecular complexity index is 877. The van der Waals surface area contributed by atoms with Crippen molar-refractivity contribution in [3.63, 3.8) is 0 Å². The summed E-state index contributed by atoms with van der Waals surface area (Å²) in [5, 5.41) is 2.64. The summed E-state index contributed by atoms with van der Waals surface area (Å²) in [5.74, 6) is 0.550. The molecule has 0 spiro atoms. The second-order valence-corrected chi connectivity index (χ2v) is 8.14. The fraction of sp³-hybridized carbons (Fsp3) is 0.316. The summed E-state index contributed by atoms with van der Waals surface area (Å²) < 4.78 is 32.9. The van der Waals surface area contributed by atoms with E-state index < -0.39 is 10.0 Å². The number of carbonyl (C=O) groups excluding carboxylic acids is 1. The Morgan fingerprint density at radius 1 is 1.12 bits per heavy atom. The highest BCUT2D eigenvalue weighted by molar-refractivity contribution is 7.89. The van der Waals surface area contributed by atoms with Gasteiger partial charge in [-0.25, -0.2) is 8.42 Å². The number of carbonyl (C=O) groups is 1. The minimum atomic E-state index is -3.61. The molecule has 3 rings (SSSR count). The molecule has 1 saturated heterocycles. The minimum absolute atomic E-state index is 0.180. The zero-order chi connectivity index (χ0) is 18.7. The van der Waals surface area contributed by atoms with Crippen molar-refractivity contribution >= 4 is 21.6 Å². The number of nitrogens with zero attached hydrogens (tertiary/aromatic N) is 1. The molecule has 1 fully saturated rings. The third-order valence-corrected chi connectivity index (χ3v) is 6.41. The number of amides is 1. The molecule has 2 aromatic carbocycles. The van der Waals surface area contributed by atoms with Gasteiger partial charge in [-0.1, -0.05) is 12.1 Å². The van der Waals surface area contributed by atoms with E-state index >= 15 is 0 Å². The van der Waals surface area contributed by atoms with Crippen LogP contribution in [0.1, 0.15) is 31.4 Å². The van der Waals surface area contributed by atoms with Gasteiger partial charge in [0.2, 0.25) is 15.9 Å². The molecule has 26 heavy (non-hydrogen) atoms. The van der Waals surface area contributed by atoms with Gasteiger partial charge in [0.1, 0.15) is 5.75 Å². The quantitative estimate of drug-likeness (QED) is 0.872. The number of hydrogen-bond acceptors (Lipinski definition) is 4. The third kappa shape index (κ3) is 3.73. The summed E-state index contributed by atoms with van der Waals surface area (Å²) in [6, 6.07) is 13.6. The topological polar surface area (TPSA) is 75.7 Å². The Kier molecular flexibility index (Phi) is 5.29. The smallest absolute Gasteiger partial charge is 0.243 e. The first-order valence-corrected chi connectivity index (χ1v) is 9.89. The molecule has 0 saturated carbocycles. The molecule has 1 atom stereocenters. The molecule has 1 unspecified atom stereocenters. The molecule has 2 aromatic rings. The van der Waals surface area contributed by atoms with Crippen molar-refractivity contribution < 1.29 is 17.9 Å². The zero-order valence-corrected chi connectivity index (χ0v) is 15.6. The van der Waals surface area contributed by atoms with Gasteiger partial charge in [-0.15, -0.1) is 0 Å². The van der Waals surface area contributed by atoms with Gasteiger partial charge in [0.05, 0.1) is 18.0 Å². The summed E-state index contributed by atoms with van der Waals surface area (Å²) in [7, 11) is -2.00. The van der Waals surface area contributed by atoms with Crippen LogP contribution in [0.3, 0.4) is 0 Å². The van der Waals surface area contributed by atoms with Crippen molar-refractivity contribution in [2.24, 2.45) is 0 Å². The van der Waals surface area contributed by atoms with Crippen LogP contribution in [0.5, 0.6) is 5.75 Å². The van der Waals surface area contributed by atoms with E-state index in [1.807, 2.05) is 24.3 Å². The first-order chi connectivity index (χ1) is 12.4. The van der Waals surface area contributed by atoms with Crippen molar-refractivity contribution in [1.82, 2.24) is 4.31 Å². The van der Waals surface area contributed by atoms with E-state index in [2.05, 4.69) is 5.32 Å². The average molecular weight is 374 g/mol. The van der Waals surface area contributed by atoms with Crippen LogP contribution in [0.25, 0.3) is 0 Å². The fourth-order valence-corrected chi connectivity index (χ4v) is 4.92. The Labute approximate surface area is 153 Å². The minimum Gasteiger partial charge on any atom is -0.497 e. The van der Waals surface area contributed by atoms with Gasteiger partial charge in [-0.2, -0.15) is 4.31 Å². The Balaban J connectivity index is 1.86. The number of rotatable bonds is 5. The number of hydrogen-bond donors (Lipinski definition) is 1. The molecule has 0 bridgehead atoms. The van der Waals surface area contributed by atoms with Crippen LogP contribution in [-0.2, 0) is 14.8 Å². The van der Waals surface area contributed by atoms with E-state index in [-0.39, 0.29) is 16.8 Å². The zero-order valence-electron chi connectivity index (χ0n) is 14.8. The molecular weight excluding hydrogens is 352 g/mol. The Hall–Kier alpha value is -2.38. The lowest BCUT2D eigenvalue weighted by Gasteiger charge is -2.24. The maximum Gasteiger partial charge on any atom is 0.243 e. The van der Waals surface area contributed by atoms with Gasteiger partial charge in [0.15, 0.2) is 0 Å². The summed E-state index contributed by atoms with van der Waals surface area (Å²) in [6.07, 6.45) is 1.61. The first-order valence-electron chi connectivity index (χ1n) is 8.45. The molecular formula is C19H22N2O4S. The number of anilines is 1. The van der Waals surface area contributed by atoms with Crippen LogP contribution >= 0.6 is 0 Å². The molecule has 1 aliphatic heterocycles. The average Bonchev–Trinajstić information content (AvgIpc) is 3.12. The van der Waals surface area contributed by atoms with Gasteiger partial charge in [-0.05, 0) is 54.8 Å². The molecule has 6 nitrogen and oxygen atoms in total. The molecule has 1 amide bonds. The predicted octanol–water partition coefficient (Wildman–Crippen LogP) is 3.18. The highest BCUT2D eigenvalue weighted by atomic mass is 32.2. The van der Waals surface area contributed by atoms with Crippen molar-refractivity contribution in [1.29, 1.82) is 0 Å². The van der Waals surface area contributed by atoms with Crippen LogP contribution in [0.4, 0.5) is 5.69 Å². The van der Waals surface area contributed by atoms with Crippen LogP contribution in [0.15, 0.2) is 53.4 Å². The largest absolute Gasteiger partial charge is 0.497 e. The molecule has 7 heteroatoms. The number of benzene rings is 2. The van der Waals surface area contributed by atoms with Gasteiger partial charge in [-0.3, -0.25) is 4.79 Å². The SMILES string of the molecule is COc1ccc(C2CCCN2S(=O)(=O)c2ccc(NC(C)=O)cc2)cc1. The lowest BCUT2D eigenvalue weighted by molar-refractivity contribution is -0.114. The van der Waals surface area contributed by atoms with E-state index in [4.69, 9.17) is 4.74 Å². The van der Waals surface area contributed by atoms with E-state index in [9.17, 15) is 13.2 Å². The number of sulfonamides is 1. The molecule has 1 N–H and O–H groups in total. The second-order valence-electron chi connectivity index (χ2n) is 6.25. The van der Waals surface area contributed by atoms with Gasteiger partial charge >= 0.3 is 0 Å². The van der Waals surface area contributed by atoms with Gasteiger partial charge in [0, 0.05) is 19.2 Å². The van der Waals surface area contributed by atoms with Crippen LogP contribution in [0, 0.1) is 0 Å². The maximum atomic E-state index is 13.1.